The first-order valence-electron chi connectivity index (χ1n) is 9.15. The Morgan fingerprint density at radius 3 is 2.46 bits per heavy atom. The number of carbonyl (C=O) groups is 2. The van der Waals surface area contributed by atoms with Crippen LogP contribution in [0.3, 0.4) is 0 Å². The number of imide groups is 1. The Kier molecular flexibility index (Phi) is 5.05. The van der Waals surface area contributed by atoms with Crippen molar-refractivity contribution in [2.24, 2.45) is 0 Å². The van der Waals surface area contributed by atoms with Crippen LogP contribution in [0.1, 0.15) is 24.0 Å². The van der Waals surface area contributed by atoms with E-state index in [0.29, 0.717) is 16.3 Å². The molecule has 1 N–H and O–H groups in total. The zero-order valence-electron chi connectivity index (χ0n) is 15.1. The van der Waals surface area contributed by atoms with Gasteiger partial charge in [-0.15, -0.1) is 0 Å². The number of benzene rings is 2. The van der Waals surface area contributed by atoms with Crippen LogP contribution >= 0.6 is 11.6 Å². The summed E-state index contributed by atoms with van der Waals surface area (Å²) in [5.74, 6) is -0.768. The van der Waals surface area contributed by atoms with E-state index in [1.807, 2.05) is 4.90 Å². The van der Waals surface area contributed by atoms with E-state index in [-0.39, 0.29) is 18.1 Å². The Morgan fingerprint density at radius 2 is 1.79 bits per heavy atom. The third kappa shape index (κ3) is 3.73. The van der Waals surface area contributed by atoms with Crippen molar-refractivity contribution < 1.29 is 14.0 Å². The first kappa shape index (κ1) is 18.5. The first-order valence-corrected chi connectivity index (χ1v) is 9.52. The highest BCUT2D eigenvalue weighted by Gasteiger charge is 2.33. The second-order valence-electron chi connectivity index (χ2n) is 6.91. The molecule has 0 aromatic heterocycles. The Balaban J connectivity index is 1.52. The molecule has 2 fully saturated rings. The van der Waals surface area contributed by atoms with Crippen LogP contribution < -0.4 is 10.2 Å². The summed E-state index contributed by atoms with van der Waals surface area (Å²) < 4.78 is 14.5. The molecule has 5 nitrogen and oxygen atoms in total. The molecule has 2 heterocycles. The van der Waals surface area contributed by atoms with Crippen molar-refractivity contribution >= 4 is 35.3 Å². The van der Waals surface area contributed by atoms with E-state index in [2.05, 4.69) is 5.32 Å². The summed E-state index contributed by atoms with van der Waals surface area (Å²) in [5.41, 5.74) is 2.02. The standard InChI is InChI=1S/C21H19ClFN3O2/c22-16-6-3-14(4-7-16)13-26-20(27)18(24-21(26)28)12-15-5-8-19(17(23)11-15)25-9-1-2-10-25/h3-8,11-12H,1-2,9-10,13H2,(H,24,28)/b18-12+. The van der Waals surface area contributed by atoms with Crippen LogP contribution in [0.2, 0.25) is 5.02 Å². The van der Waals surface area contributed by atoms with Gasteiger partial charge in [0.25, 0.3) is 5.91 Å². The molecule has 0 radical (unpaired) electrons. The molecular weight excluding hydrogens is 381 g/mol. The van der Waals surface area contributed by atoms with E-state index in [9.17, 15) is 14.0 Å². The second kappa shape index (κ2) is 7.64. The van der Waals surface area contributed by atoms with E-state index in [4.69, 9.17) is 11.6 Å². The smallest absolute Gasteiger partial charge is 0.329 e. The Bertz CT molecular complexity index is 953. The lowest BCUT2D eigenvalue weighted by molar-refractivity contribution is -0.123. The minimum Gasteiger partial charge on any atom is -0.369 e. The number of carbonyl (C=O) groups excluding carboxylic acids is 2. The molecule has 2 aromatic carbocycles. The van der Waals surface area contributed by atoms with Crippen LogP contribution in [0, 0.1) is 5.82 Å². The molecule has 3 amide bonds. The molecule has 0 aliphatic carbocycles. The van der Waals surface area contributed by atoms with Gasteiger partial charge in [0.1, 0.15) is 11.5 Å². The Hall–Kier alpha value is -2.86. The third-order valence-corrected chi connectivity index (χ3v) is 5.20. The molecule has 0 bridgehead atoms. The van der Waals surface area contributed by atoms with Gasteiger partial charge in [-0.1, -0.05) is 29.8 Å². The SMILES string of the molecule is O=C1N/C(=C/c2ccc(N3CCCC3)c(F)c2)C(=O)N1Cc1ccc(Cl)cc1. The highest BCUT2D eigenvalue weighted by Crippen LogP contribution is 2.26. The molecule has 2 saturated heterocycles. The van der Waals surface area contributed by atoms with Gasteiger partial charge >= 0.3 is 6.03 Å². The van der Waals surface area contributed by atoms with Gasteiger partial charge in [0.15, 0.2) is 0 Å². The normalized spacial score (nSPS) is 18.3. The van der Waals surface area contributed by atoms with Gasteiger partial charge < -0.3 is 10.2 Å². The number of hydrogen-bond donors (Lipinski definition) is 1. The van der Waals surface area contributed by atoms with E-state index >= 15 is 0 Å². The van der Waals surface area contributed by atoms with Crippen LogP contribution in [0.5, 0.6) is 0 Å². The number of rotatable bonds is 4. The van der Waals surface area contributed by atoms with Gasteiger partial charge in [-0.2, -0.15) is 0 Å². The summed E-state index contributed by atoms with van der Waals surface area (Å²) >= 11 is 5.86. The fourth-order valence-corrected chi connectivity index (χ4v) is 3.61. The quantitative estimate of drug-likeness (QED) is 0.620. The first-order chi connectivity index (χ1) is 13.5. The van der Waals surface area contributed by atoms with Crippen molar-refractivity contribution in [1.82, 2.24) is 10.2 Å². The summed E-state index contributed by atoms with van der Waals surface area (Å²) in [6.07, 6.45) is 3.63. The average molecular weight is 400 g/mol. The maximum Gasteiger partial charge on any atom is 0.329 e. The van der Waals surface area contributed by atoms with Gasteiger partial charge in [-0.25, -0.2) is 9.18 Å². The molecule has 0 unspecified atom stereocenters. The van der Waals surface area contributed by atoms with Crippen molar-refractivity contribution in [2.45, 2.75) is 19.4 Å². The van der Waals surface area contributed by atoms with E-state index < -0.39 is 11.9 Å². The number of nitrogens with zero attached hydrogens (tertiary/aromatic N) is 2. The van der Waals surface area contributed by atoms with E-state index in [0.717, 1.165) is 36.4 Å². The van der Waals surface area contributed by atoms with Crippen molar-refractivity contribution in [1.29, 1.82) is 0 Å². The summed E-state index contributed by atoms with van der Waals surface area (Å²) in [7, 11) is 0. The predicted octanol–water partition coefficient (Wildman–Crippen LogP) is 4.17. The van der Waals surface area contributed by atoms with E-state index in [1.54, 1.807) is 36.4 Å². The lowest BCUT2D eigenvalue weighted by atomic mass is 10.1. The minimum atomic E-state index is -0.500. The average Bonchev–Trinajstić information content (AvgIpc) is 3.28. The summed E-state index contributed by atoms with van der Waals surface area (Å²) in [6, 6.07) is 11.3. The molecule has 2 aromatic rings. The van der Waals surface area contributed by atoms with Crippen molar-refractivity contribution in [3.63, 3.8) is 0 Å². The predicted molar refractivity (Wildman–Crippen MR) is 106 cm³/mol. The molecule has 0 spiro atoms. The number of anilines is 1. The number of urea groups is 1. The van der Waals surface area contributed by atoms with Gasteiger partial charge in [-0.3, -0.25) is 9.69 Å². The summed E-state index contributed by atoms with van der Waals surface area (Å²) in [6.45, 7) is 1.85. The van der Waals surface area contributed by atoms with Crippen LogP contribution in [0.15, 0.2) is 48.2 Å². The highest BCUT2D eigenvalue weighted by molar-refractivity contribution is 6.30. The zero-order valence-corrected chi connectivity index (χ0v) is 15.9. The largest absolute Gasteiger partial charge is 0.369 e. The number of halogens is 2. The molecule has 4 rings (SSSR count). The van der Waals surface area contributed by atoms with Gasteiger partial charge in [0.2, 0.25) is 0 Å². The van der Waals surface area contributed by atoms with Gasteiger partial charge in [0.05, 0.1) is 12.2 Å². The van der Waals surface area contributed by atoms with Gasteiger partial charge in [0, 0.05) is 18.1 Å². The molecular formula is C21H19ClFN3O2. The summed E-state index contributed by atoms with van der Waals surface area (Å²) in [4.78, 5) is 27.9. The maximum atomic E-state index is 14.5. The van der Waals surface area contributed by atoms with Crippen molar-refractivity contribution in [3.05, 3.63) is 70.1 Å². The second-order valence-corrected chi connectivity index (χ2v) is 7.35. The fraction of sp³-hybridized carbons (Fsp3) is 0.238. The topological polar surface area (TPSA) is 52.7 Å². The minimum absolute atomic E-state index is 0.132. The molecule has 2 aliphatic rings. The molecule has 28 heavy (non-hydrogen) atoms. The Morgan fingerprint density at radius 1 is 1.07 bits per heavy atom. The van der Waals surface area contributed by atoms with Crippen LogP contribution in [-0.2, 0) is 11.3 Å². The van der Waals surface area contributed by atoms with Crippen molar-refractivity contribution in [2.75, 3.05) is 18.0 Å². The number of hydrogen-bond acceptors (Lipinski definition) is 3. The van der Waals surface area contributed by atoms with Crippen LogP contribution in [0.25, 0.3) is 6.08 Å². The lowest BCUT2D eigenvalue weighted by Crippen LogP contribution is -2.30. The monoisotopic (exact) mass is 399 g/mol. The van der Waals surface area contributed by atoms with Crippen LogP contribution in [-0.4, -0.2) is 29.9 Å². The summed E-state index contributed by atoms with van der Waals surface area (Å²) in [5, 5.41) is 3.15. The lowest BCUT2D eigenvalue weighted by Gasteiger charge is -2.18. The van der Waals surface area contributed by atoms with Gasteiger partial charge in [-0.05, 0) is 54.3 Å². The number of amides is 3. The molecule has 7 heteroatoms. The Labute approximate surface area is 167 Å². The number of nitrogens with one attached hydrogen (secondary N) is 1. The zero-order chi connectivity index (χ0) is 19.7. The van der Waals surface area contributed by atoms with E-state index in [1.165, 1.54) is 12.1 Å². The third-order valence-electron chi connectivity index (χ3n) is 4.95. The van der Waals surface area contributed by atoms with Crippen molar-refractivity contribution in [3.8, 4) is 0 Å². The molecule has 0 atom stereocenters. The van der Waals surface area contributed by atoms with Crippen LogP contribution in [0.4, 0.5) is 14.9 Å². The molecule has 0 saturated carbocycles. The maximum absolute atomic E-state index is 14.5. The molecule has 144 valence electrons. The fourth-order valence-electron chi connectivity index (χ4n) is 3.48. The highest BCUT2D eigenvalue weighted by atomic mass is 35.5. The molecule has 2 aliphatic heterocycles.